The maximum Gasteiger partial charge on any atom is 0.246 e. The number of halogens is 2. The molecule has 1 aromatic carbocycles. The quantitative estimate of drug-likeness (QED) is 0.703. The first kappa shape index (κ1) is 16.7. The monoisotopic (exact) mass is 407 g/mol. The summed E-state index contributed by atoms with van der Waals surface area (Å²) < 4.78 is 4.37. The molecule has 0 saturated heterocycles. The van der Waals surface area contributed by atoms with E-state index in [0.29, 0.717) is 17.3 Å². The number of carbonyl (C=O) groups is 1. The van der Waals surface area contributed by atoms with Gasteiger partial charge in [-0.05, 0) is 24.6 Å². The number of hydrogen-bond donors (Lipinski definition) is 1. The van der Waals surface area contributed by atoms with Gasteiger partial charge in [-0.25, -0.2) is 0 Å². The van der Waals surface area contributed by atoms with E-state index in [-0.39, 0.29) is 12.5 Å². The Balaban J connectivity index is 1.60. The van der Waals surface area contributed by atoms with Gasteiger partial charge in [0.05, 0.1) is 35.3 Å². The zero-order valence-corrected chi connectivity index (χ0v) is 15.3. The minimum absolute atomic E-state index is 0.108. The fourth-order valence-corrected chi connectivity index (χ4v) is 2.62. The fraction of sp³-hybridized carbons (Fsp3) is 0.188. The van der Waals surface area contributed by atoms with E-state index in [1.807, 2.05) is 31.2 Å². The lowest BCUT2D eigenvalue weighted by molar-refractivity contribution is -0.116. The van der Waals surface area contributed by atoms with Gasteiger partial charge in [0.1, 0.15) is 6.54 Å². The molecule has 0 aliphatic carbocycles. The van der Waals surface area contributed by atoms with E-state index >= 15 is 0 Å². The first-order valence-electron chi connectivity index (χ1n) is 7.26. The maximum absolute atomic E-state index is 12.1. The number of nitrogens with zero attached hydrogens (tertiary/aromatic N) is 4. The highest BCUT2D eigenvalue weighted by Crippen LogP contribution is 2.14. The fourth-order valence-electron chi connectivity index (χ4n) is 2.21. The number of aromatic nitrogens is 4. The molecule has 3 rings (SSSR count). The van der Waals surface area contributed by atoms with Crippen LogP contribution in [0.25, 0.3) is 0 Å². The first-order chi connectivity index (χ1) is 11.5. The van der Waals surface area contributed by atoms with E-state index < -0.39 is 0 Å². The molecule has 6 nitrogen and oxygen atoms in total. The van der Waals surface area contributed by atoms with Crippen molar-refractivity contribution in [2.24, 2.45) is 0 Å². The standard InChI is InChI=1S/C16H15BrClN5O/c1-11-15(18)7-20-23(11)10-16(24)21-14-6-19-22(9-14)8-12-2-4-13(17)5-3-12/h2-7,9H,8,10H2,1H3,(H,21,24). The molecule has 0 aliphatic rings. The number of amides is 1. The van der Waals surface area contributed by atoms with E-state index in [4.69, 9.17) is 11.6 Å². The van der Waals surface area contributed by atoms with Crippen LogP contribution in [0.5, 0.6) is 0 Å². The molecule has 0 bridgehead atoms. The summed E-state index contributed by atoms with van der Waals surface area (Å²) in [5, 5.41) is 11.7. The molecule has 2 aromatic heterocycles. The summed E-state index contributed by atoms with van der Waals surface area (Å²) in [6, 6.07) is 8.01. The van der Waals surface area contributed by atoms with E-state index in [0.717, 1.165) is 15.7 Å². The summed E-state index contributed by atoms with van der Waals surface area (Å²) in [6.45, 7) is 2.56. The highest BCUT2D eigenvalue weighted by molar-refractivity contribution is 9.10. The number of carbonyl (C=O) groups excluding carboxylic acids is 1. The van der Waals surface area contributed by atoms with Crippen molar-refractivity contribution >= 4 is 39.1 Å². The molecule has 124 valence electrons. The molecule has 2 heterocycles. The number of rotatable bonds is 5. The van der Waals surface area contributed by atoms with Crippen LogP contribution >= 0.6 is 27.5 Å². The molecule has 0 spiro atoms. The van der Waals surface area contributed by atoms with E-state index in [2.05, 4.69) is 31.4 Å². The Morgan fingerprint density at radius 1 is 1.25 bits per heavy atom. The van der Waals surface area contributed by atoms with Gasteiger partial charge in [-0.3, -0.25) is 14.2 Å². The lowest BCUT2D eigenvalue weighted by Gasteiger charge is -2.05. The van der Waals surface area contributed by atoms with Gasteiger partial charge in [-0.2, -0.15) is 10.2 Å². The Kier molecular flexibility index (Phi) is 5.01. The predicted molar refractivity (Wildman–Crippen MR) is 96.1 cm³/mol. The zero-order chi connectivity index (χ0) is 17.1. The molecule has 24 heavy (non-hydrogen) atoms. The lowest BCUT2D eigenvalue weighted by atomic mass is 10.2. The predicted octanol–water partition coefficient (Wildman–Crippen LogP) is 3.49. The highest BCUT2D eigenvalue weighted by Gasteiger charge is 2.10. The second-order valence-corrected chi connectivity index (χ2v) is 6.66. The van der Waals surface area contributed by atoms with Crippen LogP contribution in [0.2, 0.25) is 5.02 Å². The van der Waals surface area contributed by atoms with Gasteiger partial charge in [-0.1, -0.05) is 39.7 Å². The molecular formula is C16H15BrClN5O. The summed E-state index contributed by atoms with van der Waals surface area (Å²) in [4.78, 5) is 12.1. The van der Waals surface area contributed by atoms with E-state index in [1.165, 1.54) is 6.20 Å². The molecular weight excluding hydrogens is 394 g/mol. The largest absolute Gasteiger partial charge is 0.322 e. The van der Waals surface area contributed by atoms with Gasteiger partial charge >= 0.3 is 0 Å². The van der Waals surface area contributed by atoms with Crippen molar-refractivity contribution in [3.05, 3.63) is 63.6 Å². The zero-order valence-electron chi connectivity index (χ0n) is 12.9. The maximum atomic E-state index is 12.1. The van der Waals surface area contributed by atoms with Crippen LogP contribution in [-0.2, 0) is 17.9 Å². The smallest absolute Gasteiger partial charge is 0.246 e. The average molecular weight is 409 g/mol. The Labute approximate surface area is 152 Å². The minimum Gasteiger partial charge on any atom is -0.322 e. The van der Waals surface area contributed by atoms with Gasteiger partial charge in [-0.15, -0.1) is 0 Å². The van der Waals surface area contributed by atoms with Crippen molar-refractivity contribution in [3.63, 3.8) is 0 Å². The summed E-state index contributed by atoms with van der Waals surface area (Å²) in [5.41, 5.74) is 2.53. The number of nitrogens with one attached hydrogen (secondary N) is 1. The molecule has 0 atom stereocenters. The third-order valence-electron chi connectivity index (χ3n) is 3.51. The van der Waals surface area contributed by atoms with Crippen molar-refractivity contribution in [2.75, 3.05) is 5.32 Å². The second-order valence-electron chi connectivity index (χ2n) is 5.34. The van der Waals surface area contributed by atoms with Crippen molar-refractivity contribution < 1.29 is 4.79 Å². The summed E-state index contributed by atoms with van der Waals surface area (Å²) >= 11 is 9.34. The molecule has 0 fully saturated rings. The van der Waals surface area contributed by atoms with E-state index in [1.54, 1.807) is 21.8 Å². The van der Waals surface area contributed by atoms with Crippen LogP contribution in [0, 0.1) is 6.92 Å². The molecule has 0 unspecified atom stereocenters. The summed E-state index contributed by atoms with van der Waals surface area (Å²) in [7, 11) is 0. The van der Waals surface area contributed by atoms with Crippen LogP contribution in [0.1, 0.15) is 11.3 Å². The average Bonchev–Trinajstić information content (AvgIpc) is 3.11. The molecule has 0 saturated carbocycles. The van der Waals surface area contributed by atoms with Gasteiger partial charge in [0.2, 0.25) is 5.91 Å². The van der Waals surface area contributed by atoms with Crippen LogP contribution in [0.15, 0.2) is 47.3 Å². The lowest BCUT2D eigenvalue weighted by Crippen LogP contribution is -2.20. The Bertz CT molecular complexity index is 856. The Morgan fingerprint density at radius 2 is 2.00 bits per heavy atom. The number of anilines is 1. The van der Waals surface area contributed by atoms with Gasteiger partial charge in [0.15, 0.2) is 0 Å². The molecule has 0 aliphatic heterocycles. The highest BCUT2D eigenvalue weighted by atomic mass is 79.9. The minimum atomic E-state index is -0.180. The normalized spacial score (nSPS) is 10.8. The Hall–Kier alpha value is -2.12. The Morgan fingerprint density at radius 3 is 2.67 bits per heavy atom. The van der Waals surface area contributed by atoms with Crippen molar-refractivity contribution in [1.29, 1.82) is 0 Å². The molecule has 1 amide bonds. The van der Waals surface area contributed by atoms with Crippen LogP contribution in [-0.4, -0.2) is 25.5 Å². The molecule has 1 N–H and O–H groups in total. The van der Waals surface area contributed by atoms with Gasteiger partial charge < -0.3 is 5.32 Å². The van der Waals surface area contributed by atoms with E-state index in [9.17, 15) is 4.79 Å². The SMILES string of the molecule is Cc1c(Cl)cnn1CC(=O)Nc1cnn(Cc2ccc(Br)cc2)c1. The topological polar surface area (TPSA) is 64.7 Å². The second kappa shape index (κ2) is 7.19. The first-order valence-corrected chi connectivity index (χ1v) is 8.43. The molecule has 0 radical (unpaired) electrons. The van der Waals surface area contributed by atoms with Crippen molar-refractivity contribution in [2.45, 2.75) is 20.0 Å². The van der Waals surface area contributed by atoms with Crippen molar-refractivity contribution in [3.8, 4) is 0 Å². The molecule has 8 heteroatoms. The number of benzene rings is 1. The van der Waals surface area contributed by atoms with Crippen LogP contribution in [0.3, 0.4) is 0 Å². The van der Waals surface area contributed by atoms with Gasteiger partial charge in [0.25, 0.3) is 0 Å². The third-order valence-corrected chi connectivity index (χ3v) is 4.41. The van der Waals surface area contributed by atoms with Crippen LogP contribution in [0.4, 0.5) is 5.69 Å². The number of hydrogen-bond acceptors (Lipinski definition) is 3. The van der Waals surface area contributed by atoms with Crippen LogP contribution < -0.4 is 5.32 Å². The summed E-state index contributed by atoms with van der Waals surface area (Å²) in [6.07, 6.45) is 4.95. The molecule has 3 aromatic rings. The summed E-state index contributed by atoms with van der Waals surface area (Å²) in [5.74, 6) is -0.180. The van der Waals surface area contributed by atoms with Gasteiger partial charge in [0, 0.05) is 10.7 Å². The van der Waals surface area contributed by atoms with Crippen molar-refractivity contribution in [1.82, 2.24) is 19.6 Å². The third kappa shape index (κ3) is 4.04.